The molecule has 0 aromatic heterocycles. The van der Waals surface area contributed by atoms with Gasteiger partial charge in [-0.15, -0.1) is 0 Å². The molecule has 0 radical (unpaired) electrons. The zero-order chi connectivity index (χ0) is 6.04. The second-order valence-electron chi connectivity index (χ2n) is 2.40. The van der Waals surface area contributed by atoms with E-state index in [4.69, 9.17) is 4.74 Å². The van der Waals surface area contributed by atoms with Gasteiger partial charge in [0.2, 0.25) is 0 Å². The molecule has 1 aliphatic heterocycles. The summed E-state index contributed by atoms with van der Waals surface area (Å²) in [7, 11) is 1.79. The predicted octanol–water partition coefficient (Wildman–Crippen LogP) is -0.148. The molecule has 1 saturated heterocycles. The maximum absolute atomic E-state index is 9.23. The van der Waals surface area contributed by atoms with E-state index in [2.05, 4.69) is 0 Å². The molecule has 0 spiro atoms. The number of ether oxygens (including phenoxy) is 1. The smallest absolute Gasteiger partial charge is 0.132 e. The molecule has 8 heavy (non-hydrogen) atoms. The van der Waals surface area contributed by atoms with Crippen molar-refractivity contribution in [1.82, 2.24) is 0 Å². The molecule has 0 aromatic rings. The van der Waals surface area contributed by atoms with Crippen LogP contribution in [0, 0.1) is 0 Å². The molecule has 1 N–H and O–H groups in total. The van der Waals surface area contributed by atoms with Crippen LogP contribution in [-0.4, -0.2) is 43.2 Å². The van der Waals surface area contributed by atoms with Crippen molar-refractivity contribution >= 4 is 0 Å². The average molecular weight is 118 g/mol. The normalized spacial score (nSPS) is 27.8. The van der Waals surface area contributed by atoms with Gasteiger partial charge in [-0.05, 0) is 0 Å². The first kappa shape index (κ1) is 6.01. The van der Waals surface area contributed by atoms with Crippen LogP contribution < -0.4 is 0 Å². The molecule has 48 valence electrons. The Morgan fingerprint density at radius 2 is 1.88 bits per heavy atom. The molecule has 0 amide bonds. The van der Waals surface area contributed by atoms with Gasteiger partial charge in [0.15, 0.2) is 0 Å². The fraction of sp³-hybridized carbons (Fsp3) is 1.00. The van der Waals surface area contributed by atoms with E-state index >= 15 is 0 Å². The van der Waals surface area contributed by atoms with Crippen molar-refractivity contribution in [3.63, 3.8) is 0 Å². The van der Waals surface area contributed by atoms with Crippen LogP contribution in [-0.2, 0) is 4.74 Å². The highest BCUT2D eigenvalue weighted by Gasteiger charge is 2.21. The molecular weight excluding hydrogens is 106 g/mol. The third kappa shape index (κ3) is 1.43. The number of hydrogen-bond donors (Lipinski definition) is 1. The summed E-state index contributed by atoms with van der Waals surface area (Å²) in [4.78, 5) is 0. The van der Waals surface area contributed by atoms with Crippen molar-refractivity contribution in [1.29, 1.82) is 0 Å². The molecule has 1 rings (SSSR count). The van der Waals surface area contributed by atoms with Crippen LogP contribution in [0.5, 0.6) is 0 Å². The van der Waals surface area contributed by atoms with Crippen LogP contribution in [0.15, 0.2) is 0 Å². The first-order chi connectivity index (χ1) is 3.71. The average Bonchev–Trinajstić information content (AvgIpc) is 1.65. The van der Waals surface area contributed by atoms with Gasteiger partial charge in [0.25, 0.3) is 0 Å². The van der Waals surface area contributed by atoms with Crippen molar-refractivity contribution in [2.24, 2.45) is 0 Å². The number of hydrogen-bond acceptors (Lipinski definition) is 2. The van der Waals surface area contributed by atoms with Gasteiger partial charge in [-0.3, -0.25) is 0 Å². The molecule has 3 nitrogen and oxygen atoms in total. The highest BCUT2D eigenvalue weighted by molar-refractivity contribution is 4.37. The molecule has 1 fully saturated rings. The van der Waals surface area contributed by atoms with Gasteiger partial charge in [0, 0.05) is 0 Å². The van der Waals surface area contributed by atoms with Gasteiger partial charge in [0.05, 0.1) is 20.3 Å². The summed E-state index contributed by atoms with van der Waals surface area (Å²) in [5.41, 5.74) is 0. The minimum atomic E-state index is 0.125. The number of quaternary nitrogens is 1. The van der Waals surface area contributed by atoms with Gasteiger partial charge in [-0.2, -0.15) is 4.65 Å². The van der Waals surface area contributed by atoms with Gasteiger partial charge < -0.3 is 4.74 Å². The van der Waals surface area contributed by atoms with Gasteiger partial charge in [-0.1, -0.05) is 0 Å². The Morgan fingerprint density at radius 1 is 1.38 bits per heavy atom. The van der Waals surface area contributed by atoms with Crippen LogP contribution in [0.3, 0.4) is 0 Å². The summed E-state index contributed by atoms with van der Waals surface area (Å²) in [5, 5.41) is 9.23. The van der Waals surface area contributed by atoms with Crippen molar-refractivity contribution in [2.45, 2.75) is 0 Å². The Labute approximate surface area is 49.0 Å². The highest BCUT2D eigenvalue weighted by atomic mass is 16.6. The second-order valence-corrected chi connectivity index (χ2v) is 2.40. The minimum absolute atomic E-state index is 0.125. The Kier molecular flexibility index (Phi) is 1.51. The summed E-state index contributed by atoms with van der Waals surface area (Å²) in [6, 6.07) is 0. The maximum Gasteiger partial charge on any atom is 0.132 e. The number of nitrogens with zero attached hydrogens (tertiary/aromatic N) is 1. The van der Waals surface area contributed by atoms with E-state index in [-0.39, 0.29) is 4.65 Å². The molecule has 0 aliphatic carbocycles. The predicted molar refractivity (Wildman–Crippen MR) is 28.5 cm³/mol. The zero-order valence-corrected chi connectivity index (χ0v) is 5.13. The second kappa shape index (κ2) is 2.01. The lowest BCUT2D eigenvalue weighted by atomic mass is 10.4. The van der Waals surface area contributed by atoms with Crippen molar-refractivity contribution in [3.05, 3.63) is 0 Å². The lowest BCUT2D eigenvalue weighted by Crippen LogP contribution is -2.48. The van der Waals surface area contributed by atoms with Crippen LogP contribution in [0.4, 0.5) is 0 Å². The molecular formula is C5H12NO2+. The molecule has 0 unspecified atom stereocenters. The van der Waals surface area contributed by atoms with Crippen LogP contribution >= 0.6 is 0 Å². The van der Waals surface area contributed by atoms with E-state index in [9.17, 15) is 5.21 Å². The largest absolute Gasteiger partial charge is 0.370 e. The Balaban J connectivity index is 2.33. The molecule has 0 atom stereocenters. The molecule has 0 saturated carbocycles. The van der Waals surface area contributed by atoms with Crippen molar-refractivity contribution in [2.75, 3.05) is 33.4 Å². The van der Waals surface area contributed by atoms with Crippen molar-refractivity contribution < 1.29 is 14.6 Å². The van der Waals surface area contributed by atoms with Gasteiger partial charge in [0.1, 0.15) is 13.1 Å². The quantitative estimate of drug-likeness (QED) is 0.448. The number of morpholine rings is 1. The Morgan fingerprint density at radius 3 is 2.12 bits per heavy atom. The van der Waals surface area contributed by atoms with E-state index < -0.39 is 0 Å². The topological polar surface area (TPSA) is 29.5 Å². The van der Waals surface area contributed by atoms with E-state index in [0.717, 1.165) is 13.1 Å². The van der Waals surface area contributed by atoms with E-state index in [0.29, 0.717) is 13.2 Å². The van der Waals surface area contributed by atoms with E-state index in [1.807, 2.05) is 0 Å². The van der Waals surface area contributed by atoms with Gasteiger partial charge >= 0.3 is 0 Å². The third-order valence-corrected chi connectivity index (χ3v) is 1.43. The van der Waals surface area contributed by atoms with Crippen molar-refractivity contribution in [3.8, 4) is 0 Å². The lowest BCUT2D eigenvalue weighted by molar-refractivity contribution is -1.09. The fourth-order valence-electron chi connectivity index (χ4n) is 0.736. The first-order valence-corrected chi connectivity index (χ1v) is 2.86. The molecule has 0 bridgehead atoms. The highest BCUT2D eigenvalue weighted by Crippen LogP contribution is 2.00. The maximum atomic E-state index is 9.23. The number of likely N-dealkylation sites (N-methyl/N-ethyl adjacent to an activating group) is 1. The monoisotopic (exact) mass is 118 g/mol. The minimum Gasteiger partial charge on any atom is -0.370 e. The zero-order valence-electron chi connectivity index (χ0n) is 5.13. The molecule has 3 heteroatoms. The first-order valence-electron chi connectivity index (χ1n) is 2.86. The standard InChI is InChI=1S/C5H12NO2/c1-6(7)2-4-8-5-3-6/h7H,2-5H2,1H3/q+1. The van der Waals surface area contributed by atoms with Crippen LogP contribution in [0.1, 0.15) is 0 Å². The molecule has 1 aliphatic rings. The number of rotatable bonds is 0. The van der Waals surface area contributed by atoms with Crippen LogP contribution in [0.25, 0.3) is 0 Å². The fourth-order valence-corrected chi connectivity index (χ4v) is 0.736. The number of hydroxylamine groups is 3. The SMILES string of the molecule is C[N+]1(O)CCOCC1. The lowest BCUT2D eigenvalue weighted by Gasteiger charge is -2.28. The Bertz CT molecular complexity index is 74.5. The van der Waals surface area contributed by atoms with E-state index in [1.165, 1.54) is 0 Å². The van der Waals surface area contributed by atoms with Crippen LogP contribution in [0.2, 0.25) is 0 Å². The van der Waals surface area contributed by atoms with Gasteiger partial charge in [-0.25, -0.2) is 5.21 Å². The Hall–Kier alpha value is -0.120. The van der Waals surface area contributed by atoms with E-state index in [1.54, 1.807) is 7.05 Å². The molecule has 1 heterocycles. The summed E-state index contributed by atoms with van der Waals surface area (Å²) < 4.78 is 5.15. The summed E-state index contributed by atoms with van der Waals surface area (Å²) in [6.07, 6.45) is 0. The summed E-state index contributed by atoms with van der Waals surface area (Å²) in [5.74, 6) is 0. The third-order valence-electron chi connectivity index (χ3n) is 1.43. The summed E-state index contributed by atoms with van der Waals surface area (Å²) >= 11 is 0. The molecule has 0 aromatic carbocycles. The summed E-state index contributed by atoms with van der Waals surface area (Å²) in [6.45, 7) is 2.82.